The third-order valence-electron chi connectivity index (χ3n) is 5.51. The minimum absolute atomic E-state index is 0.00757. The summed E-state index contributed by atoms with van der Waals surface area (Å²) < 4.78 is 14.5. The number of nitrogens with zero attached hydrogens (tertiary/aromatic N) is 2. The number of halogens is 2. The van der Waals surface area contributed by atoms with Gasteiger partial charge in [0.1, 0.15) is 18.4 Å². The molecule has 0 saturated carbocycles. The van der Waals surface area contributed by atoms with Gasteiger partial charge in [-0.25, -0.2) is 4.39 Å². The summed E-state index contributed by atoms with van der Waals surface area (Å²) in [4.78, 5) is 40.8. The fraction of sp³-hybridized carbons (Fsp3) is 0.318. The Bertz CT molecular complexity index is 996. The second kappa shape index (κ2) is 8.55. The average Bonchev–Trinajstić information content (AvgIpc) is 2.74. The third-order valence-corrected chi connectivity index (χ3v) is 6.01. The Balaban J connectivity index is 1.41. The van der Waals surface area contributed by atoms with Crippen LogP contribution < -0.4 is 5.32 Å². The number of hydrogen-bond donors (Lipinski definition) is 1. The van der Waals surface area contributed by atoms with Gasteiger partial charge in [0.05, 0.1) is 5.69 Å². The van der Waals surface area contributed by atoms with Crippen molar-refractivity contribution in [1.29, 1.82) is 0 Å². The van der Waals surface area contributed by atoms with Crippen LogP contribution in [-0.2, 0) is 16.1 Å². The summed E-state index contributed by atoms with van der Waals surface area (Å²) in [6, 6.07) is 10.8. The number of piperidine rings is 1. The number of amides is 3. The van der Waals surface area contributed by atoms with Crippen LogP contribution in [0.3, 0.4) is 0 Å². The van der Waals surface area contributed by atoms with Crippen molar-refractivity contribution in [1.82, 2.24) is 9.80 Å². The Morgan fingerprint density at radius 3 is 2.63 bits per heavy atom. The minimum atomic E-state index is -0.528. The van der Waals surface area contributed by atoms with Crippen LogP contribution in [-0.4, -0.2) is 46.7 Å². The van der Waals surface area contributed by atoms with Crippen LogP contribution >= 0.6 is 15.9 Å². The SMILES string of the molecule is O=C(Nc1ccc(Br)cc1F)c1ccc(CN2CC(=O)N3CCCC[C@@H]3C2=O)cc1. The van der Waals surface area contributed by atoms with E-state index in [1.807, 2.05) is 0 Å². The number of hydrogen-bond acceptors (Lipinski definition) is 3. The molecule has 1 N–H and O–H groups in total. The molecule has 4 rings (SSSR count). The van der Waals surface area contributed by atoms with Gasteiger partial charge in [0.25, 0.3) is 5.91 Å². The predicted molar refractivity (Wildman–Crippen MR) is 113 cm³/mol. The highest BCUT2D eigenvalue weighted by Gasteiger charge is 2.40. The number of fused-ring (bicyclic) bond motifs is 1. The summed E-state index contributed by atoms with van der Waals surface area (Å²) in [5.41, 5.74) is 1.30. The molecule has 8 heteroatoms. The number of rotatable bonds is 4. The van der Waals surface area contributed by atoms with Gasteiger partial charge in [0.15, 0.2) is 0 Å². The first-order valence-electron chi connectivity index (χ1n) is 9.86. The molecule has 3 amide bonds. The fourth-order valence-corrected chi connectivity index (χ4v) is 4.26. The Labute approximate surface area is 182 Å². The summed E-state index contributed by atoms with van der Waals surface area (Å²) in [5.74, 6) is -0.974. The zero-order chi connectivity index (χ0) is 21.3. The maximum Gasteiger partial charge on any atom is 0.255 e. The van der Waals surface area contributed by atoms with E-state index in [4.69, 9.17) is 0 Å². The van der Waals surface area contributed by atoms with E-state index >= 15 is 0 Å². The molecule has 2 saturated heterocycles. The lowest BCUT2D eigenvalue weighted by molar-refractivity contribution is -0.158. The monoisotopic (exact) mass is 473 g/mol. The zero-order valence-electron chi connectivity index (χ0n) is 16.2. The van der Waals surface area contributed by atoms with Crippen LogP contribution in [0.15, 0.2) is 46.9 Å². The third kappa shape index (κ3) is 4.23. The molecule has 0 aromatic heterocycles. The molecule has 0 bridgehead atoms. The van der Waals surface area contributed by atoms with Crippen molar-refractivity contribution in [2.45, 2.75) is 31.8 Å². The van der Waals surface area contributed by atoms with Crippen molar-refractivity contribution in [2.75, 3.05) is 18.4 Å². The van der Waals surface area contributed by atoms with Crippen molar-refractivity contribution in [3.05, 3.63) is 63.9 Å². The topological polar surface area (TPSA) is 69.7 Å². The van der Waals surface area contributed by atoms with Crippen molar-refractivity contribution in [3.63, 3.8) is 0 Å². The van der Waals surface area contributed by atoms with E-state index in [-0.39, 0.29) is 30.1 Å². The van der Waals surface area contributed by atoms with Gasteiger partial charge in [-0.3, -0.25) is 14.4 Å². The lowest BCUT2D eigenvalue weighted by Gasteiger charge is -2.42. The van der Waals surface area contributed by atoms with Gasteiger partial charge in [0, 0.05) is 23.1 Å². The van der Waals surface area contributed by atoms with Crippen LogP contribution in [0.5, 0.6) is 0 Å². The highest BCUT2D eigenvalue weighted by atomic mass is 79.9. The molecule has 2 heterocycles. The van der Waals surface area contributed by atoms with Crippen LogP contribution in [0.1, 0.15) is 35.2 Å². The van der Waals surface area contributed by atoms with Crippen LogP contribution in [0, 0.1) is 5.82 Å². The van der Waals surface area contributed by atoms with Gasteiger partial charge >= 0.3 is 0 Å². The Morgan fingerprint density at radius 2 is 1.90 bits per heavy atom. The number of anilines is 1. The first-order chi connectivity index (χ1) is 14.4. The summed E-state index contributed by atoms with van der Waals surface area (Å²) in [7, 11) is 0. The molecule has 6 nitrogen and oxygen atoms in total. The van der Waals surface area contributed by atoms with Gasteiger partial charge in [-0.15, -0.1) is 0 Å². The van der Waals surface area contributed by atoms with Crippen molar-refractivity contribution in [2.24, 2.45) is 0 Å². The number of piperazine rings is 1. The largest absolute Gasteiger partial charge is 0.329 e. The van der Waals surface area contributed by atoms with Crippen LogP contribution in [0.4, 0.5) is 10.1 Å². The van der Waals surface area contributed by atoms with Crippen LogP contribution in [0.2, 0.25) is 0 Å². The first-order valence-corrected chi connectivity index (χ1v) is 10.7. The van der Waals surface area contributed by atoms with E-state index in [9.17, 15) is 18.8 Å². The Hall–Kier alpha value is -2.74. The summed E-state index contributed by atoms with van der Waals surface area (Å²) >= 11 is 3.18. The Kier molecular flexibility index (Phi) is 5.85. The maximum atomic E-state index is 13.9. The van der Waals surface area contributed by atoms with E-state index in [2.05, 4.69) is 21.2 Å². The average molecular weight is 474 g/mol. The molecule has 2 aliphatic heterocycles. The summed E-state index contributed by atoms with van der Waals surface area (Å²) in [5, 5.41) is 2.55. The normalized spacial score (nSPS) is 18.9. The van der Waals surface area contributed by atoms with Gasteiger partial charge in [-0.1, -0.05) is 28.1 Å². The molecular formula is C22H21BrFN3O3. The van der Waals surface area contributed by atoms with E-state index in [0.717, 1.165) is 18.4 Å². The molecule has 0 unspecified atom stereocenters. The zero-order valence-corrected chi connectivity index (χ0v) is 17.8. The van der Waals surface area contributed by atoms with E-state index in [1.165, 1.54) is 12.1 Å². The highest BCUT2D eigenvalue weighted by Crippen LogP contribution is 2.24. The fourth-order valence-electron chi connectivity index (χ4n) is 3.93. The minimum Gasteiger partial charge on any atom is -0.329 e. The Morgan fingerprint density at radius 1 is 1.13 bits per heavy atom. The lowest BCUT2D eigenvalue weighted by atomic mass is 9.98. The van der Waals surface area contributed by atoms with E-state index < -0.39 is 11.7 Å². The highest BCUT2D eigenvalue weighted by molar-refractivity contribution is 9.10. The van der Waals surface area contributed by atoms with E-state index in [1.54, 1.807) is 40.1 Å². The number of benzene rings is 2. The molecule has 0 spiro atoms. The molecule has 2 aliphatic rings. The second-order valence-electron chi connectivity index (χ2n) is 7.57. The lowest BCUT2D eigenvalue weighted by Crippen LogP contribution is -2.60. The van der Waals surface area contributed by atoms with Gasteiger partial charge in [0.2, 0.25) is 11.8 Å². The quantitative estimate of drug-likeness (QED) is 0.737. The smallest absolute Gasteiger partial charge is 0.255 e. The molecule has 2 aromatic rings. The first kappa shape index (κ1) is 20.5. The van der Waals surface area contributed by atoms with Crippen molar-refractivity contribution >= 4 is 39.3 Å². The molecule has 2 aromatic carbocycles. The molecule has 0 aliphatic carbocycles. The number of carbonyl (C=O) groups is 3. The molecule has 156 valence electrons. The van der Waals surface area contributed by atoms with Crippen molar-refractivity contribution < 1.29 is 18.8 Å². The van der Waals surface area contributed by atoms with Crippen molar-refractivity contribution in [3.8, 4) is 0 Å². The maximum absolute atomic E-state index is 13.9. The number of carbonyl (C=O) groups excluding carboxylic acids is 3. The van der Waals surface area contributed by atoms with Crippen LogP contribution in [0.25, 0.3) is 0 Å². The molecular weight excluding hydrogens is 453 g/mol. The van der Waals surface area contributed by atoms with Gasteiger partial charge in [-0.05, 0) is 55.2 Å². The molecule has 30 heavy (non-hydrogen) atoms. The number of nitrogens with one attached hydrogen (secondary N) is 1. The summed E-state index contributed by atoms with van der Waals surface area (Å²) in [6.07, 6.45) is 2.62. The van der Waals surface area contributed by atoms with E-state index in [0.29, 0.717) is 29.5 Å². The molecule has 1 atom stereocenters. The second-order valence-corrected chi connectivity index (χ2v) is 8.48. The molecule has 2 fully saturated rings. The van der Waals surface area contributed by atoms with Gasteiger partial charge < -0.3 is 15.1 Å². The standard InChI is InChI=1S/C22H21BrFN3O3/c23-16-8-9-18(17(24)11-16)25-21(29)15-6-4-14(5-7-15)12-26-13-20(28)27-10-2-1-3-19(27)22(26)30/h4-9,11,19H,1-3,10,12-13H2,(H,25,29)/t19-/m1/s1. The molecule has 0 radical (unpaired) electrons. The predicted octanol–water partition coefficient (Wildman–Crippen LogP) is 3.56. The van der Waals surface area contributed by atoms with Gasteiger partial charge in [-0.2, -0.15) is 0 Å². The summed E-state index contributed by atoms with van der Waals surface area (Å²) in [6.45, 7) is 1.06.